The molecule has 0 bridgehead atoms. The number of halogens is 2. The number of rotatable bonds is 2. The standard InChI is InChI=1S/2C7H5ClO2.Pd/c2*8-6-4-2-1-3-5(6)7(9)10;/h2*1-4H,(H,9,10);/q;;+2/p-2. The summed E-state index contributed by atoms with van der Waals surface area (Å²) in [5.74, 6) is -2.49. The maximum atomic E-state index is 10.2. The second-order valence-corrected chi connectivity index (χ2v) is 4.35. The van der Waals surface area contributed by atoms with Crippen molar-refractivity contribution in [1.29, 1.82) is 0 Å². The van der Waals surface area contributed by atoms with Gasteiger partial charge in [-0.3, -0.25) is 0 Å². The second kappa shape index (κ2) is 9.54. The molecule has 0 saturated heterocycles. The van der Waals surface area contributed by atoms with Gasteiger partial charge in [0.15, 0.2) is 0 Å². The molecular formula is C14H8Cl2O4Pd. The van der Waals surface area contributed by atoms with Crippen molar-refractivity contribution in [2.75, 3.05) is 0 Å². The Bertz CT molecular complexity index is 576. The Kier molecular flexibility index (Phi) is 8.91. The summed E-state index contributed by atoms with van der Waals surface area (Å²) in [6.45, 7) is 0. The van der Waals surface area contributed by atoms with Crippen LogP contribution in [0.4, 0.5) is 0 Å². The molecule has 0 saturated carbocycles. The van der Waals surface area contributed by atoms with E-state index in [1.165, 1.54) is 24.3 Å². The van der Waals surface area contributed by atoms with Crippen LogP contribution < -0.4 is 10.2 Å². The number of carbonyl (C=O) groups is 2. The minimum atomic E-state index is -1.24. The van der Waals surface area contributed by atoms with Crippen LogP contribution in [-0.2, 0) is 20.4 Å². The van der Waals surface area contributed by atoms with E-state index >= 15 is 0 Å². The summed E-state index contributed by atoms with van der Waals surface area (Å²) in [5, 5.41) is 20.9. The molecule has 0 aliphatic heterocycles. The molecule has 0 amide bonds. The van der Waals surface area contributed by atoms with Crippen LogP contribution in [0.5, 0.6) is 0 Å². The van der Waals surface area contributed by atoms with E-state index in [1.807, 2.05) is 0 Å². The molecule has 0 radical (unpaired) electrons. The Morgan fingerprint density at radius 2 is 1.00 bits per heavy atom. The molecule has 2 aromatic carbocycles. The fraction of sp³-hybridized carbons (Fsp3) is 0. The van der Waals surface area contributed by atoms with Crippen molar-refractivity contribution < 1.29 is 40.2 Å². The van der Waals surface area contributed by atoms with Crippen molar-refractivity contribution in [3.05, 3.63) is 69.7 Å². The largest absolute Gasteiger partial charge is 2.00 e. The average Bonchev–Trinajstić information content (AvgIpc) is 2.40. The van der Waals surface area contributed by atoms with Gasteiger partial charge in [-0.2, -0.15) is 0 Å². The van der Waals surface area contributed by atoms with Crippen molar-refractivity contribution in [3.8, 4) is 0 Å². The molecule has 0 aromatic heterocycles. The van der Waals surface area contributed by atoms with Gasteiger partial charge in [-0.1, -0.05) is 59.6 Å². The van der Waals surface area contributed by atoms with Crippen LogP contribution in [0.3, 0.4) is 0 Å². The Hall–Kier alpha value is -1.38. The molecule has 0 atom stereocenters. The van der Waals surface area contributed by atoms with Gasteiger partial charge in [0.25, 0.3) is 0 Å². The summed E-state index contributed by atoms with van der Waals surface area (Å²) in [7, 11) is 0. The quantitative estimate of drug-likeness (QED) is 0.692. The van der Waals surface area contributed by atoms with Gasteiger partial charge in [0.05, 0.1) is 11.9 Å². The summed E-state index contributed by atoms with van der Waals surface area (Å²) in [5.41, 5.74) is 0.0633. The van der Waals surface area contributed by atoms with Crippen LogP contribution in [0.25, 0.3) is 0 Å². The first-order valence-electron chi connectivity index (χ1n) is 5.35. The fourth-order valence-corrected chi connectivity index (χ4v) is 1.68. The molecule has 2 aromatic rings. The van der Waals surface area contributed by atoms with Crippen LogP contribution in [-0.4, -0.2) is 11.9 Å². The molecule has 4 nitrogen and oxygen atoms in total. The maximum Gasteiger partial charge on any atom is 2.00 e. The summed E-state index contributed by atoms with van der Waals surface area (Å²) >= 11 is 11.0. The molecule has 2 rings (SSSR count). The van der Waals surface area contributed by atoms with E-state index in [4.69, 9.17) is 23.2 Å². The van der Waals surface area contributed by atoms with Crippen molar-refractivity contribution >= 4 is 35.1 Å². The predicted molar refractivity (Wildman–Crippen MR) is 71.6 cm³/mol. The molecule has 0 aliphatic carbocycles. The third kappa shape index (κ3) is 6.28. The molecule has 112 valence electrons. The van der Waals surface area contributed by atoms with E-state index in [9.17, 15) is 19.8 Å². The van der Waals surface area contributed by atoms with Gasteiger partial charge in [0, 0.05) is 21.2 Å². The van der Waals surface area contributed by atoms with E-state index in [0.717, 1.165) is 0 Å². The molecule has 0 spiro atoms. The van der Waals surface area contributed by atoms with Crippen molar-refractivity contribution in [2.45, 2.75) is 0 Å². The van der Waals surface area contributed by atoms with Gasteiger partial charge >= 0.3 is 20.4 Å². The summed E-state index contributed by atoms with van der Waals surface area (Å²) in [6.07, 6.45) is 0. The first-order chi connectivity index (χ1) is 9.43. The number of carboxylic acid groups (broad SMARTS) is 2. The van der Waals surface area contributed by atoms with Crippen LogP contribution >= 0.6 is 23.2 Å². The molecule has 0 fully saturated rings. The predicted octanol–water partition coefficient (Wildman–Crippen LogP) is 1.40. The number of hydrogen-bond donors (Lipinski definition) is 0. The Labute approximate surface area is 145 Å². The number of carboxylic acids is 2. The minimum Gasteiger partial charge on any atom is -0.545 e. The van der Waals surface area contributed by atoms with Gasteiger partial charge in [0.1, 0.15) is 0 Å². The summed E-state index contributed by atoms with van der Waals surface area (Å²) in [6, 6.07) is 12.3. The summed E-state index contributed by atoms with van der Waals surface area (Å²) < 4.78 is 0. The molecule has 0 N–H and O–H groups in total. The van der Waals surface area contributed by atoms with Crippen LogP contribution in [0.1, 0.15) is 20.7 Å². The molecule has 0 heterocycles. The third-order valence-electron chi connectivity index (χ3n) is 2.19. The molecular weight excluding hydrogens is 409 g/mol. The Balaban J connectivity index is 0.000000364. The van der Waals surface area contributed by atoms with Gasteiger partial charge in [-0.15, -0.1) is 0 Å². The number of carbonyl (C=O) groups excluding carboxylic acids is 2. The maximum absolute atomic E-state index is 10.2. The van der Waals surface area contributed by atoms with Crippen molar-refractivity contribution in [3.63, 3.8) is 0 Å². The Morgan fingerprint density at radius 1 is 0.714 bits per heavy atom. The molecule has 7 heteroatoms. The van der Waals surface area contributed by atoms with Gasteiger partial charge in [-0.05, 0) is 12.1 Å². The topological polar surface area (TPSA) is 80.3 Å². The summed E-state index contributed by atoms with van der Waals surface area (Å²) in [4.78, 5) is 20.5. The fourth-order valence-electron chi connectivity index (χ4n) is 1.25. The van der Waals surface area contributed by atoms with Crippen molar-refractivity contribution in [1.82, 2.24) is 0 Å². The second-order valence-electron chi connectivity index (χ2n) is 3.53. The smallest absolute Gasteiger partial charge is 0.545 e. The van der Waals surface area contributed by atoms with Gasteiger partial charge in [0.2, 0.25) is 0 Å². The van der Waals surface area contributed by atoms with E-state index in [0.29, 0.717) is 0 Å². The van der Waals surface area contributed by atoms with E-state index < -0.39 is 11.9 Å². The normalized spacial score (nSPS) is 8.86. The number of hydrogen-bond acceptors (Lipinski definition) is 4. The van der Waals surface area contributed by atoms with Gasteiger partial charge in [-0.25, -0.2) is 0 Å². The van der Waals surface area contributed by atoms with Crippen LogP contribution in [0, 0.1) is 0 Å². The SMILES string of the molecule is O=C([O-])c1ccccc1Cl.O=C([O-])c1ccccc1Cl.[Pd+2]. The van der Waals surface area contributed by atoms with E-state index in [-0.39, 0.29) is 41.6 Å². The van der Waals surface area contributed by atoms with Crippen LogP contribution in [0.2, 0.25) is 10.0 Å². The first kappa shape index (κ1) is 19.6. The average molecular weight is 418 g/mol. The first-order valence-corrected chi connectivity index (χ1v) is 6.11. The molecule has 21 heavy (non-hydrogen) atoms. The molecule has 0 aliphatic rings. The molecule has 0 unspecified atom stereocenters. The van der Waals surface area contributed by atoms with E-state index in [2.05, 4.69) is 0 Å². The zero-order valence-electron chi connectivity index (χ0n) is 10.3. The third-order valence-corrected chi connectivity index (χ3v) is 2.85. The Morgan fingerprint density at radius 3 is 1.19 bits per heavy atom. The van der Waals surface area contributed by atoms with Crippen LogP contribution in [0.15, 0.2) is 48.5 Å². The zero-order valence-corrected chi connectivity index (χ0v) is 13.4. The van der Waals surface area contributed by atoms with Gasteiger partial charge < -0.3 is 19.8 Å². The number of benzene rings is 2. The number of aromatic carboxylic acids is 2. The monoisotopic (exact) mass is 416 g/mol. The minimum absolute atomic E-state index is 0. The van der Waals surface area contributed by atoms with E-state index in [1.54, 1.807) is 24.3 Å². The zero-order chi connectivity index (χ0) is 15.1. The van der Waals surface area contributed by atoms with Crippen molar-refractivity contribution in [2.24, 2.45) is 0 Å².